The summed E-state index contributed by atoms with van der Waals surface area (Å²) in [6, 6.07) is 0.543. The third kappa shape index (κ3) is 4.97. The van der Waals surface area contributed by atoms with Crippen LogP contribution in [0.5, 0.6) is 0 Å². The van der Waals surface area contributed by atoms with Crippen LogP contribution in [0.2, 0.25) is 0 Å². The molecule has 0 aromatic heterocycles. The molecule has 0 radical (unpaired) electrons. The fourth-order valence-corrected chi connectivity index (χ4v) is 3.38. The highest BCUT2D eigenvalue weighted by molar-refractivity contribution is 5.80. The molecule has 3 atom stereocenters. The number of rotatable bonds is 5. The number of likely N-dealkylation sites (tertiary alicyclic amines) is 1. The Morgan fingerprint density at radius 3 is 2.25 bits per heavy atom. The Morgan fingerprint density at radius 2 is 1.80 bits per heavy atom. The van der Waals surface area contributed by atoms with E-state index in [0.717, 1.165) is 50.5 Å². The molecule has 0 spiro atoms. The zero-order valence-electron chi connectivity index (χ0n) is 14.3. The molecular weight excluding hydrogens is 248 g/mol. The average molecular weight is 282 g/mol. The second kappa shape index (κ2) is 8.50. The topological polar surface area (TPSA) is 30.9 Å². The number of hydrogen-bond donors (Lipinski definition) is 1. The van der Waals surface area contributed by atoms with E-state index >= 15 is 0 Å². The molecule has 0 saturated carbocycles. The number of hydrogen-bond acceptors (Lipinski definition) is 2. The Kier molecular flexibility index (Phi) is 7.35. The lowest BCUT2D eigenvalue weighted by molar-refractivity contribution is 0.202. The highest BCUT2D eigenvalue weighted by Gasteiger charge is 2.24. The van der Waals surface area contributed by atoms with Crippen LogP contribution in [0.1, 0.15) is 41.0 Å². The molecule has 0 aliphatic carbocycles. The monoisotopic (exact) mass is 282 g/mol. The lowest BCUT2D eigenvalue weighted by Gasteiger charge is -2.37. The predicted molar refractivity (Wildman–Crippen MR) is 88.3 cm³/mol. The molecule has 0 amide bonds. The fraction of sp³-hybridized carbons (Fsp3) is 0.938. The molecule has 4 heteroatoms. The van der Waals surface area contributed by atoms with Crippen LogP contribution in [-0.4, -0.2) is 61.6 Å². The van der Waals surface area contributed by atoms with E-state index in [1.165, 1.54) is 6.42 Å². The van der Waals surface area contributed by atoms with Gasteiger partial charge in [0.1, 0.15) is 0 Å². The minimum atomic E-state index is 0.543. The van der Waals surface area contributed by atoms with Crippen LogP contribution in [0.3, 0.4) is 0 Å². The summed E-state index contributed by atoms with van der Waals surface area (Å²) < 4.78 is 0. The molecule has 3 unspecified atom stereocenters. The number of likely N-dealkylation sites (N-methyl/N-ethyl adjacent to an activating group) is 1. The van der Waals surface area contributed by atoms with Crippen LogP contribution in [0.4, 0.5) is 0 Å². The van der Waals surface area contributed by atoms with Gasteiger partial charge in [0.15, 0.2) is 5.96 Å². The van der Waals surface area contributed by atoms with E-state index < -0.39 is 0 Å². The van der Waals surface area contributed by atoms with Crippen molar-refractivity contribution in [2.75, 3.05) is 39.8 Å². The van der Waals surface area contributed by atoms with Crippen molar-refractivity contribution < 1.29 is 0 Å². The van der Waals surface area contributed by atoms with Gasteiger partial charge in [-0.1, -0.05) is 27.7 Å². The van der Waals surface area contributed by atoms with Crippen LogP contribution in [-0.2, 0) is 0 Å². The van der Waals surface area contributed by atoms with Gasteiger partial charge in [0, 0.05) is 32.7 Å². The molecule has 4 nitrogen and oxygen atoms in total. The highest BCUT2D eigenvalue weighted by Crippen LogP contribution is 2.20. The molecule has 1 saturated heterocycles. The first kappa shape index (κ1) is 17.3. The Hall–Kier alpha value is -0.770. The van der Waals surface area contributed by atoms with E-state index in [0.29, 0.717) is 6.04 Å². The molecule has 1 fully saturated rings. The second-order valence-corrected chi connectivity index (χ2v) is 6.35. The number of nitrogens with one attached hydrogen (secondary N) is 1. The van der Waals surface area contributed by atoms with Gasteiger partial charge in [0.25, 0.3) is 0 Å². The van der Waals surface area contributed by atoms with Gasteiger partial charge >= 0.3 is 0 Å². The fourth-order valence-electron chi connectivity index (χ4n) is 3.38. The summed E-state index contributed by atoms with van der Waals surface area (Å²) in [6.07, 6.45) is 1.34. The maximum atomic E-state index is 4.48. The number of guanidine groups is 1. The van der Waals surface area contributed by atoms with Crippen LogP contribution in [0.15, 0.2) is 4.99 Å². The summed E-state index contributed by atoms with van der Waals surface area (Å²) in [6.45, 7) is 16.9. The summed E-state index contributed by atoms with van der Waals surface area (Å²) in [5, 5.41) is 3.56. The van der Waals surface area contributed by atoms with Crippen LogP contribution in [0.25, 0.3) is 0 Å². The Morgan fingerprint density at radius 1 is 1.25 bits per heavy atom. The summed E-state index contributed by atoms with van der Waals surface area (Å²) in [4.78, 5) is 9.37. The quantitative estimate of drug-likeness (QED) is 0.620. The normalized spacial score (nSPS) is 25.9. The van der Waals surface area contributed by atoms with Crippen LogP contribution >= 0.6 is 0 Å². The lowest BCUT2D eigenvalue weighted by atomic mass is 9.92. The van der Waals surface area contributed by atoms with Crippen molar-refractivity contribution in [3.63, 3.8) is 0 Å². The van der Waals surface area contributed by atoms with E-state index in [4.69, 9.17) is 0 Å². The molecule has 1 aliphatic heterocycles. The van der Waals surface area contributed by atoms with Crippen LogP contribution < -0.4 is 5.32 Å². The Balaban J connectivity index is 2.51. The maximum absolute atomic E-state index is 4.48. The van der Waals surface area contributed by atoms with Gasteiger partial charge in [-0.05, 0) is 38.3 Å². The van der Waals surface area contributed by atoms with Crippen molar-refractivity contribution in [1.29, 1.82) is 0 Å². The first-order valence-electron chi connectivity index (χ1n) is 8.21. The molecular formula is C16H34N4. The maximum Gasteiger partial charge on any atom is 0.193 e. The van der Waals surface area contributed by atoms with E-state index in [1.54, 1.807) is 0 Å². The average Bonchev–Trinajstić information content (AvgIpc) is 2.39. The van der Waals surface area contributed by atoms with Crippen molar-refractivity contribution in [2.45, 2.75) is 47.1 Å². The Bertz CT molecular complexity index is 289. The standard InChI is InChI=1S/C16H34N4/c1-7-19(8-2)15(5)10-18-16(17-6)20-11-13(3)9-14(4)12-20/h13-15H,7-12H2,1-6H3,(H,17,18). The van der Waals surface area contributed by atoms with Crippen molar-refractivity contribution in [1.82, 2.24) is 15.1 Å². The van der Waals surface area contributed by atoms with Crippen molar-refractivity contribution in [3.05, 3.63) is 0 Å². The summed E-state index contributed by atoms with van der Waals surface area (Å²) >= 11 is 0. The first-order valence-corrected chi connectivity index (χ1v) is 8.21. The van der Waals surface area contributed by atoms with Gasteiger partial charge in [0.05, 0.1) is 0 Å². The van der Waals surface area contributed by atoms with Gasteiger partial charge in [-0.15, -0.1) is 0 Å². The van der Waals surface area contributed by atoms with Crippen molar-refractivity contribution in [2.24, 2.45) is 16.8 Å². The minimum absolute atomic E-state index is 0.543. The summed E-state index contributed by atoms with van der Waals surface area (Å²) in [5.41, 5.74) is 0. The van der Waals surface area contributed by atoms with Gasteiger partial charge in [0.2, 0.25) is 0 Å². The SMILES string of the molecule is CCN(CC)C(C)CNC(=NC)N1CC(C)CC(C)C1. The van der Waals surface area contributed by atoms with Crippen LogP contribution in [0, 0.1) is 11.8 Å². The lowest BCUT2D eigenvalue weighted by Crippen LogP contribution is -2.51. The first-order chi connectivity index (χ1) is 9.51. The van der Waals surface area contributed by atoms with Crippen molar-refractivity contribution in [3.8, 4) is 0 Å². The van der Waals surface area contributed by atoms with E-state index in [-0.39, 0.29) is 0 Å². The van der Waals surface area contributed by atoms with E-state index in [2.05, 4.69) is 54.7 Å². The smallest absolute Gasteiger partial charge is 0.193 e. The van der Waals surface area contributed by atoms with Gasteiger partial charge < -0.3 is 10.2 Å². The Labute approximate surface area is 125 Å². The van der Waals surface area contributed by atoms with Gasteiger partial charge in [-0.2, -0.15) is 0 Å². The molecule has 0 bridgehead atoms. The van der Waals surface area contributed by atoms with Gasteiger partial charge in [-0.25, -0.2) is 0 Å². The molecule has 1 N–H and O–H groups in total. The zero-order chi connectivity index (χ0) is 15.1. The van der Waals surface area contributed by atoms with E-state index in [1.807, 2.05) is 7.05 Å². The zero-order valence-corrected chi connectivity index (χ0v) is 14.3. The highest BCUT2D eigenvalue weighted by atomic mass is 15.3. The second-order valence-electron chi connectivity index (χ2n) is 6.35. The number of aliphatic imine (C=N–C) groups is 1. The molecule has 0 aromatic rings. The summed E-state index contributed by atoms with van der Waals surface area (Å²) in [5.74, 6) is 2.59. The third-order valence-electron chi connectivity index (χ3n) is 4.37. The molecule has 1 rings (SSSR count). The molecule has 0 aromatic carbocycles. The third-order valence-corrected chi connectivity index (χ3v) is 4.37. The van der Waals surface area contributed by atoms with Gasteiger partial charge in [-0.3, -0.25) is 9.89 Å². The number of piperidine rings is 1. The minimum Gasteiger partial charge on any atom is -0.355 e. The predicted octanol–water partition coefficient (Wildman–Crippen LogP) is 2.27. The number of nitrogens with zero attached hydrogens (tertiary/aromatic N) is 3. The molecule has 20 heavy (non-hydrogen) atoms. The summed E-state index contributed by atoms with van der Waals surface area (Å²) in [7, 11) is 1.90. The molecule has 1 aliphatic rings. The van der Waals surface area contributed by atoms with E-state index in [9.17, 15) is 0 Å². The molecule has 118 valence electrons. The van der Waals surface area contributed by atoms with Crippen molar-refractivity contribution >= 4 is 5.96 Å². The largest absolute Gasteiger partial charge is 0.355 e. The molecule has 1 heterocycles.